The normalized spacial score (nSPS) is 27.5. The lowest BCUT2D eigenvalue weighted by atomic mass is 10.2. The molecule has 0 radical (unpaired) electrons. The third-order valence-corrected chi connectivity index (χ3v) is 4.04. The Labute approximate surface area is 115 Å². The highest BCUT2D eigenvalue weighted by molar-refractivity contribution is 5.43. The summed E-state index contributed by atoms with van der Waals surface area (Å²) in [6, 6.07) is 6.11. The summed E-state index contributed by atoms with van der Waals surface area (Å²) in [6.45, 7) is 6.14. The van der Waals surface area contributed by atoms with Crippen LogP contribution in [-0.2, 0) is 0 Å². The van der Waals surface area contributed by atoms with Gasteiger partial charge in [-0.3, -0.25) is 4.90 Å². The van der Waals surface area contributed by atoms with Crippen molar-refractivity contribution >= 4 is 5.69 Å². The number of likely N-dealkylation sites (tertiary alicyclic amines) is 1. The molecule has 1 aromatic heterocycles. The van der Waals surface area contributed by atoms with E-state index in [9.17, 15) is 0 Å². The van der Waals surface area contributed by atoms with Crippen LogP contribution in [0.2, 0.25) is 0 Å². The Morgan fingerprint density at radius 3 is 2.89 bits per heavy atom. The number of nitrogens with one attached hydrogen (secondary N) is 1. The van der Waals surface area contributed by atoms with E-state index < -0.39 is 0 Å². The minimum atomic E-state index is 0.551. The molecule has 1 N–H and O–H groups in total. The number of hydrogen-bond donors (Lipinski definition) is 1. The van der Waals surface area contributed by atoms with Gasteiger partial charge in [0.05, 0.1) is 18.5 Å². The number of pyridine rings is 1. The van der Waals surface area contributed by atoms with E-state index in [1.165, 1.54) is 25.8 Å². The molecule has 2 fully saturated rings. The first kappa shape index (κ1) is 12.7. The van der Waals surface area contributed by atoms with Gasteiger partial charge in [0.1, 0.15) is 0 Å². The van der Waals surface area contributed by atoms with Crippen molar-refractivity contribution in [2.75, 3.05) is 18.5 Å². The Kier molecular flexibility index (Phi) is 3.60. The summed E-state index contributed by atoms with van der Waals surface area (Å²) in [7, 11) is 0. The van der Waals surface area contributed by atoms with Gasteiger partial charge in [-0.2, -0.15) is 0 Å². The fourth-order valence-corrected chi connectivity index (χ4v) is 3.01. The minimum Gasteiger partial charge on any atom is -0.478 e. The Balaban J connectivity index is 1.56. The van der Waals surface area contributed by atoms with Gasteiger partial charge in [-0.05, 0) is 39.2 Å². The Morgan fingerprint density at radius 1 is 1.42 bits per heavy atom. The lowest BCUT2D eigenvalue weighted by molar-refractivity contribution is 0.257. The maximum absolute atomic E-state index is 5.36. The van der Waals surface area contributed by atoms with Gasteiger partial charge in [0, 0.05) is 30.7 Å². The van der Waals surface area contributed by atoms with Crippen molar-refractivity contribution in [3.8, 4) is 5.88 Å². The van der Waals surface area contributed by atoms with Gasteiger partial charge in [0.25, 0.3) is 0 Å². The molecule has 0 amide bonds. The van der Waals surface area contributed by atoms with Crippen molar-refractivity contribution in [2.45, 2.75) is 51.2 Å². The second kappa shape index (κ2) is 5.37. The van der Waals surface area contributed by atoms with Gasteiger partial charge in [-0.1, -0.05) is 0 Å². The van der Waals surface area contributed by atoms with Crippen molar-refractivity contribution in [1.82, 2.24) is 9.88 Å². The number of aromatic nitrogens is 1. The highest BCUT2D eigenvalue weighted by Gasteiger charge is 2.38. The van der Waals surface area contributed by atoms with Crippen LogP contribution in [0.1, 0.15) is 33.1 Å². The molecule has 1 aliphatic heterocycles. The maximum Gasteiger partial charge on any atom is 0.213 e. The standard InChI is InChI=1S/C15H23N3O/c1-3-19-15-7-4-12(9-16-15)17-13-8-11(2)18(10-13)14-5-6-14/h4,7,9,11,13-14,17H,3,5-6,8,10H2,1-2H3. The van der Waals surface area contributed by atoms with E-state index in [1.54, 1.807) is 0 Å². The molecule has 2 aliphatic rings. The van der Waals surface area contributed by atoms with Gasteiger partial charge in [0.2, 0.25) is 5.88 Å². The molecule has 2 atom stereocenters. The molecule has 19 heavy (non-hydrogen) atoms. The first-order chi connectivity index (χ1) is 9.26. The SMILES string of the molecule is CCOc1ccc(NC2CC(C)N(C3CC3)C2)cn1. The average Bonchev–Trinajstić information content (AvgIpc) is 3.17. The largest absolute Gasteiger partial charge is 0.478 e. The quantitative estimate of drug-likeness (QED) is 0.883. The molecule has 1 aliphatic carbocycles. The van der Waals surface area contributed by atoms with Crippen molar-refractivity contribution in [2.24, 2.45) is 0 Å². The van der Waals surface area contributed by atoms with Crippen molar-refractivity contribution in [3.63, 3.8) is 0 Å². The van der Waals surface area contributed by atoms with E-state index in [4.69, 9.17) is 4.74 Å². The van der Waals surface area contributed by atoms with Crippen molar-refractivity contribution in [3.05, 3.63) is 18.3 Å². The Hall–Kier alpha value is -1.29. The van der Waals surface area contributed by atoms with Gasteiger partial charge >= 0.3 is 0 Å². The van der Waals surface area contributed by atoms with Crippen LogP contribution in [0.3, 0.4) is 0 Å². The van der Waals surface area contributed by atoms with Crippen LogP contribution >= 0.6 is 0 Å². The number of ether oxygens (including phenoxy) is 1. The van der Waals surface area contributed by atoms with Crippen LogP contribution in [-0.4, -0.2) is 41.2 Å². The van der Waals surface area contributed by atoms with Crippen molar-refractivity contribution in [1.29, 1.82) is 0 Å². The molecular formula is C15H23N3O. The molecule has 0 bridgehead atoms. The molecule has 104 valence electrons. The van der Waals surface area contributed by atoms with Crippen molar-refractivity contribution < 1.29 is 4.74 Å². The van der Waals surface area contributed by atoms with Crippen LogP contribution in [0.25, 0.3) is 0 Å². The van der Waals surface area contributed by atoms with Crippen LogP contribution in [0.4, 0.5) is 5.69 Å². The van der Waals surface area contributed by atoms with E-state index in [2.05, 4.69) is 28.2 Å². The van der Waals surface area contributed by atoms with Gasteiger partial charge in [0.15, 0.2) is 0 Å². The fraction of sp³-hybridized carbons (Fsp3) is 0.667. The molecule has 1 saturated heterocycles. The molecule has 3 rings (SSSR count). The predicted octanol–water partition coefficient (Wildman–Crippen LogP) is 2.52. The summed E-state index contributed by atoms with van der Waals surface area (Å²) in [5.74, 6) is 0.701. The molecule has 2 unspecified atom stereocenters. The topological polar surface area (TPSA) is 37.4 Å². The monoisotopic (exact) mass is 261 g/mol. The number of anilines is 1. The zero-order valence-electron chi connectivity index (χ0n) is 11.8. The maximum atomic E-state index is 5.36. The van der Waals surface area contributed by atoms with Gasteiger partial charge in [-0.25, -0.2) is 4.98 Å². The molecule has 1 aromatic rings. The molecule has 4 nitrogen and oxygen atoms in total. The van der Waals surface area contributed by atoms with Crippen LogP contribution in [0, 0.1) is 0 Å². The van der Waals surface area contributed by atoms with Gasteiger partial charge < -0.3 is 10.1 Å². The minimum absolute atomic E-state index is 0.551. The molecule has 0 aromatic carbocycles. The molecule has 0 spiro atoms. The summed E-state index contributed by atoms with van der Waals surface area (Å²) >= 11 is 0. The van der Waals surface area contributed by atoms with E-state index >= 15 is 0 Å². The van der Waals surface area contributed by atoms with Gasteiger partial charge in [-0.15, -0.1) is 0 Å². The Bertz CT molecular complexity index is 416. The van der Waals surface area contributed by atoms with E-state index in [0.29, 0.717) is 24.6 Å². The number of hydrogen-bond acceptors (Lipinski definition) is 4. The van der Waals surface area contributed by atoms with E-state index in [-0.39, 0.29) is 0 Å². The van der Waals surface area contributed by atoms with E-state index in [1.807, 2.05) is 19.2 Å². The highest BCUT2D eigenvalue weighted by Crippen LogP contribution is 2.34. The first-order valence-corrected chi connectivity index (χ1v) is 7.37. The summed E-state index contributed by atoms with van der Waals surface area (Å²) in [5.41, 5.74) is 1.10. The number of rotatable bonds is 5. The highest BCUT2D eigenvalue weighted by atomic mass is 16.5. The lowest BCUT2D eigenvalue weighted by Crippen LogP contribution is -2.31. The molecular weight excluding hydrogens is 238 g/mol. The molecule has 2 heterocycles. The van der Waals surface area contributed by atoms with E-state index in [0.717, 1.165) is 11.7 Å². The zero-order valence-corrected chi connectivity index (χ0v) is 11.8. The average molecular weight is 261 g/mol. The second-order valence-corrected chi connectivity index (χ2v) is 5.67. The summed E-state index contributed by atoms with van der Waals surface area (Å²) in [4.78, 5) is 6.95. The predicted molar refractivity (Wildman–Crippen MR) is 76.6 cm³/mol. The smallest absolute Gasteiger partial charge is 0.213 e. The third-order valence-electron chi connectivity index (χ3n) is 4.04. The first-order valence-electron chi connectivity index (χ1n) is 7.37. The van der Waals surface area contributed by atoms with Crippen LogP contribution in [0.5, 0.6) is 5.88 Å². The summed E-state index contributed by atoms with van der Waals surface area (Å²) < 4.78 is 5.36. The fourth-order valence-electron chi connectivity index (χ4n) is 3.01. The Morgan fingerprint density at radius 2 is 2.26 bits per heavy atom. The number of nitrogens with zero attached hydrogens (tertiary/aromatic N) is 2. The molecule has 1 saturated carbocycles. The lowest BCUT2D eigenvalue weighted by Gasteiger charge is -2.19. The van der Waals surface area contributed by atoms with Crippen LogP contribution in [0.15, 0.2) is 18.3 Å². The third kappa shape index (κ3) is 3.00. The zero-order chi connectivity index (χ0) is 13.2. The second-order valence-electron chi connectivity index (χ2n) is 5.67. The molecule has 4 heteroatoms. The summed E-state index contributed by atoms with van der Waals surface area (Å²) in [5, 5.41) is 3.59. The summed E-state index contributed by atoms with van der Waals surface area (Å²) in [6.07, 6.45) is 5.88. The van der Waals surface area contributed by atoms with Crippen LogP contribution < -0.4 is 10.1 Å².